The number of nitrogens with zero attached hydrogens (tertiary/aromatic N) is 6. The fourth-order valence-electron chi connectivity index (χ4n) is 4.21. The molecule has 2 aromatic carbocycles. The Hall–Kier alpha value is -4.77. The van der Waals surface area contributed by atoms with Gasteiger partial charge in [0.2, 0.25) is 11.9 Å². The van der Waals surface area contributed by atoms with Gasteiger partial charge < -0.3 is 25.2 Å². The predicted molar refractivity (Wildman–Crippen MR) is 163 cm³/mol. The minimum absolute atomic E-state index is 0.0956. The highest BCUT2D eigenvalue weighted by molar-refractivity contribution is 5.99. The molecule has 0 saturated heterocycles. The van der Waals surface area contributed by atoms with Crippen LogP contribution in [0.2, 0.25) is 0 Å². The highest BCUT2D eigenvalue weighted by Gasteiger charge is 2.22. The Morgan fingerprint density at radius 1 is 1.12 bits per heavy atom. The molecule has 0 atom stereocenters. The van der Waals surface area contributed by atoms with Crippen LogP contribution in [0.1, 0.15) is 25.5 Å². The minimum Gasteiger partial charge on any atom is -0.494 e. The van der Waals surface area contributed by atoms with E-state index in [-0.39, 0.29) is 11.8 Å². The average molecular weight is 557 g/mol. The number of carbonyl (C=O) groups is 1. The molecule has 11 nitrogen and oxygen atoms in total. The van der Waals surface area contributed by atoms with E-state index in [1.165, 1.54) is 6.08 Å². The third kappa shape index (κ3) is 6.69. The Bertz CT molecular complexity index is 1580. The van der Waals surface area contributed by atoms with Crippen LogP contribution in [0.4, 0.5) is 23.0 Å². The van der Waals surface area contributed by atoms with Crippen LogP contribution in [-0.4, -0.2) is 71.7 Å². The maximum Gasteiger partial charge on any atom is 0.293 e. The predicted octanol–water partition coefficient (Wildman–Crippen LogP) is 4.13. The van der Waals surface area contributed by atoms with Crippen LogP contribution >= 0.6 is 0 Å². The zero-order chi connectivity index (χ0) is 29.7. The maximum atomic E-state index is 13.0. The van der Waals surface area contributed by atoms with Gasteiger partial charge in [-0.1, -0.05) is 26.5 Å². The van der Waals surface area contributed by atoms with E-state index in [0.29, 0.717) is 46.0 Å². The van der Waals surface area contributed by atoms with E-state index in [4.69, 9.17) is 4.74 Å². The van der Waals surface area contributed by atoms with Crippen LogP contribution in [0.3, 0.4) is 0 Å². The molecule has 11 heteroatoms. The van der Waals surface area contributed by atoms with Gasteiger partial charge >= 0.3 is 0 Å². The van der Waals surface area contributed by atoms with E-state index in [1.54, 1.807) is 36.1 Å². The van der Waals surface area contributed by atoms with Crippen LogP contribution in [-0.2, 0) is 4.79 Å². The third-order valence-corrected chi connectivity index (χ3v) is 6.49. The van der Waals surface area contributed by atoms with E-state index in [1.807, 2.05) is 59.3 Å². The number of likely N-dealkylation sites (N-methyl/N-ethyl adjacent to an activating group) is 2. The number of benzene rings is 2. The van der Waals surface area contributed by atoms with Crippen LogP contribution in [0, 0.1) is 0 Å². The number of hydrogen-bond donors (Lipinski definition) is 2. The SMILES string of the molecule is C=CC(=O)Nc1cccc(-n2c(Nc3ccc(N(C)CCN(C)C)cc3OC)ncc3nc(C(C)C)c(=O)nc2-3)c1. The lowest BCUT2D eigenvalue weighted by Crippen LogP contribution is -2.28. The summed E-state index contributed by atoms with van der Waals surface area (Å²) in [6.45, 7) is 9.07. The van der Waals surface area contributed by atoms with E-state index >= 15 is 0 Å². The molecule has 0 aliphatic carbocycles. The molecular formula is C30H36N8O3. The van der Waals surface area contributed by atoms with Crippen molar-refractivity contribution >= 4 is 28.9 Å². The van der Waals surface area contributed by atoms with Crippen LogP contribution < -0.4 is 25.8 Å². The van der Waals surface area contributed by atoms with Crippen LogP contribution in [0.5, 0.6) is 5.75 Å². The first-order valence-corrected chi connectivity index (χ1v) is 13.3. The van der Waals surface area contributed by atoms with Crippen molar-refractivity contribution in [2.75, 3.05) is 56.9 Å². The number of nitrogens with one attached hydrogen (secondary N) is 2. The number of methoxy groups -OCH3 is 1. The number of anilines is 4. The standard InChI is InChI=1S/C30H36N8O3/c1-8-26(39)32-20-10-9-11-22(16-20)38-28-24(33-27(19(2)3)29(40)35-28)18-31-30(38)34-23-13-12-21(17-25(23)41-7)37(6)15-14-36(4)5/h8-13,16-19H,1,14-15H2,2-7H3,(H,31,34)(H,32,39). The summed E-state index contributed by atoms with van der Waals surface area (Å²) >= 11 is 0. The molecule has 0 bridgehead atoms. The fraction of sp³-hybridized carbons (Fsp3) is 0.300. The molecule has 2 N–H and O–H groups in total. The van der Waals surface area contributed by atoms with Crippen molar-refractivity contribution in [3.05, 3.63) is 77.4 Å². The van der Waals surface area contributed by atoms with E-state index in [0.717, 1.165) is 18.8 Å². The third-order valence-electron chi connectivity index (χ3n) is 6.49. The molecule has 0 unspecified atom stereocenters. The van der Waals surface area contributed by atoms with Gasteiger partial charge in [0.25, 0.3) is 5.56 Å². The van der Waals surface area contributed by atoms with Gasteiger partial charge in [-0.25, -0.2) is 9.97 Å². The molecule has 0 aromatic heterocycles. The Morgan fingerprint density at radius 2 is 1.90 bits per heavy atom. The largest absolute Gasteiger partial charge is 0.494 e. The normalized spacial score (nSPS) is 11.1. The summed E-state index contributed by atoms with van der Waals surface area (Å²) in [5.41, 5.74) is 3.25. The lowest BCUT2D eigenvalue weighted by atomic mass is 10.1. The summed E-state index contributed by atoms with van der Waals surface area (Å²) in [5.74, 6) is 0.878. The summed E-state index contributed by atoms with van der Waals surface area (Å²) in [6, 6.07) is 13.0. The minimum atomic E-state index is -0.405. The molecule has 2 aromatic rings. The Balaban J connectivity index is 1.83. The first-order chi connectivity index (χ1) is 19.6. The average Bonchev–Trinajstić information content (AvgIpc) is 2.95. The molecule has 2 heterocycles. The molecule has 0 radical (unpaired) electrons. The number of ether oxygens (including phenoxy) is 1. The summed E-state index contributed by atoms with van der Waals surface area (Å²) in [5, 5.41) is 6.12. The van der Waals surface area contributed by atoms with Crippen LogP contribution in [0.15, 0.2) is 66.1 Å². The highest BCUT2D eigenvalue weighted by atomic mass is 16.5. The van der Waals surface area contributed by atoms with E-state index in [9.17, 15) is 9.59 Å². The Morgan fingerprint density at radius 3 is 2.59 bits per heavy atom. The topological polar surface area (TPSA) is 118 Å². The molecule has 214 valence electrons. The van der Waals surface area contributed by atoms with Crippen LogP contribution in [0.25, 0.3) is 17.2 Å². The lowest BCUT2D eigenvalue weighted by molar-refractivity contribution is -0.111. The fourth-order valence-corrected chi connectivity index (χ4v) is 4.21. The number of aromatic nitrogens is 4. The number of hydrogen-bond acceptors (Lipinski definition) is 9. The number of amides is 1. The van der Waals surface area contributed by atoms with Crippen molar-refractivity contribution in [1.82, 2.24) is 24.4 Å². The van der Waals surface area contributed by atoms with Gasteiger partial charge in [0.05, 0.1) is 24.7 Å². The molecule has 1 amide bonds. The maximum absolute atomic E-state index is 13.0. The molecular weight excluding hydrogens is 520 g/mol. The van der Waals surface area contributed by atoms with Gasteiger partial charge in [-0.15, -0.1) is 0 Å². The van der Waals surface area contributed by atoms with Crippen molar-refractivity contribution in [3.63, 3.8) is 0 Å². The van der Waals surface area contributed by atoms with Gasteiger partial charge in [-0.2, -0.15) is 4.98 Å². The highest BCUT2D eigenvalue weighted by Crippen LogP contribution is 2.34. The lowest BCUT2D eigenvalue weighted by Gasteiger charge is -2.24. The van der Waals surface area contributed by atoms with E-state index in [2.05, 4.69) is 42.0 Å². The Kier molecular flexibility index (Phi) is 8.98. The monoisotopic (exact) mass is 556 g/mol. The van der Waals surface area contributed by atoms with Gasteiger partial charge in [0.1, 0.15) is 17.1 Å². The zero-order valence-electron chi connectivity index (χ0n) is 24.3. The molecule has 0 spiro atoms. The summed E-state index contributed by atoms with van der Waals surface area (Å²) in [7, 11) is 7.73. The molecule has 4 rings (SSSR count). The number of fused-ring (bicyclic) bond motifs is 1. The second-order valence-electron chi connectivity index (χ2n) is 10.2. The molecule has 0 saturated carbocycles. The van der Waals surface area contributed by atoms with Crippen molar-refractivity contribution in [3.8, 4) is 23.0 Å². The zero-order valence-corrected chi connectivity index (χ0v) is 24.3. The smallest absolute Gasteiger partial charge is 0.293 e. The number of carbonyl (C=O) groups excluding carboxylic acids is 1. The summed E-state index contributed by atoms with van der Waals surface area (Å²) in [4.78, 5) is 42.9. The quantitative estimate of drug-likeness (QED) is 0.263. The molecule has 2 aliphatic heterocycles. The Labute approximate surface area is 239 Å². The second-order valence-corrected chi connectivity index (χ2v) is 10.2. The molecule has 2 aliphatic rings. The number of rotatable bonds is 11. The van der Waals surface area contributed by atoms with Gasteiger partial charge in [0.15, 0.2) is 5.82 Å². The first kappa shape index (κ1) is 29.2. The van der Waals surface area contributed by atoms with E-state index < -0.39 is 5.56 Å². The van der Waals surface area contributed by atoms with Crippen molar-refractivity contribution in [2.24, 2.45) is 0 Å². The van der Waals surface area contributed by atoms with Crippen molar-refractivity contribution in [1.29, 1.82) is 0 Å². The van der Waals surface area contributed by atoms with Crippen molar-refractivity contribution < 1.29 is 9.53 Å². The second kappa shape index (κ2) is 12.6. The summed E-state index contributed by atoms with van der Waals surface area (Å²) in [6.07, 6.45) is 2.79. The first-order valence-electron chi connectivity index (χ1n) is 13.3. The van der Waals surface area contributed by atoms with Gasteiger partial charge in [-0.05, 0) is 50.5 Å². The molecule has 0 fully saturated rings. The van der Waals surface area contributed by atoms with Crippen molar-refractivity contribution in [2.45, 2.75) is 19.8 Å². The van der Waals surface area contributed by atoms with Gasteiger partial charge in [0, 0.05) is 43.5 Å². The van der Waals surface area contributed by atoms with Gasteiger partial charge in [-0.3, -0.25) is 14.2 Å². The molecule has 41 heavy (non-hydrogen) atoms. The summed E-state index contributed by atoms with van der Waals surface area (Å²) < 4.78 is 7.43.